The topological polar surface area (TPSA) is 84.4 Å². The number of non-ortho nitro benzene ring substituents is 1. The van der Waals surface area contributed by atoms with Gasteiger partial charge in [0.1, 0.15) is 0 Å². The molecule has 2 rings (SSSR count). The highest BCUT2D eigenvalue weighted by Gasteiger charge is 2.28. The lowest BCUT2D eigenvalue weighted by atomic mass is 9.78. The van der Waals surface area contributed by atoms with Crippen molar-refractivity contribution in [2.75, 3.05) is 18.5 Å². The molecule has 0 atom stereocenters. The Kier molecular flexibility index (Phi) is 4.80. The van der Waals surface area contributed by atoms with Gasteiger partial charge in [-0.3, -0.25) is 20.9 Å². The van der Waals surface area contributed by atoms with Crippen molar-refractivity contribution >= 4 is 11.4 Å². The van der Waals surface area contributed by atoms with Crippen LogP contribution in [0.4, 0.5) is 11.4 Å². The zero-order valence-electron chi connectivity index (χ0n) is 12.8. The van der Waals surface area contributed by atoms with E-state index in [9.17, 15) is 10.1 Å². The monoisotopic (exact) mass is 292 g/mol. The van der Waals surface area contributed by atoms with Gasteiger partial charge in [0.2, 0.25) is 0 Å². The third-order valence-corrected chi connectivity index (χ3v) is 4.77. The van der Waals surface area contributed by atoms with Gasteiger partial charge in [0.25, 0.3) is 5.69 Å². The highest BCUT2D eigenvalue weighted by molar-refractivity contribution is 5.55. The second kappa shape index (κ2) is 6.41. The maximum Gasteiger partial charge on any atom is 0.269 e. The Labute approximate surface area is 125 Å². The van der Waals surface area contributed by atoms with E-state index in [0.717, 1.165) is 24.3 Å². The average Bonchev–Trinajstić information content (AvgIpc) is 2.49. The summed E-state index contributed by atoms with van der Waals surface area (Å²) in [7, 11) is 0. The summed E-state index contributed by atoms with van der Waals surface area (Å²) in [6.07, 6.45) is 3.54. The van der Waals surface area contributed by atoms with Crippen molar-refractivity contribution in [1.29, 1.82) is 0 Å². The van der Waals surface area contributed by atoms with E-state index in [4.69, 9.17) is 5.84 Å². The lowest BCUT2D eigenvalue weighted by molar-refractivity contribution is -0.384. The number of hydrogen-bond donors (Lipinski definition) is 2. The van der Waals surface area contributed by atoms with Crippen LogP contribution in [0.2, 0.25) is 0 Å². The van der Waals surface area contributed by atoms with Crippen molar-refractivity contribution in [2.24, 2.45) is 11.3 Å². The molecule has 116 valence electrons. The number of nitrogen functional groups attached to an aromatic ring is 1. The van der Waals surface area contributed by atoms with E-state index in [-0.39, 0.29) is 10.6 Å². The van der Waals surface area contributed by atoms with Crippen LogP contribution in [0.15, 0.2) is 18.2 Å². The Morgan fingerprint density at radius 1 is 1.43 bits per heavy atom. The van der Waals surface area contributed by atoms with E-state index >= 15 is 0 Å². The molecular formula is C15H24N4O2. The predicted octanol–water partition coefficient (Wildman–Crippen LogP) is 2.89. The van der Waals surface area contributed by atoms with Crippen LogP contribution in [0.3, 0.4) is 0 Å². The zero-order valence-corrected chi connectivity index (χ0v) is 12.8. The van der Waals surface area contributed by atoms with Gasteiger partial charge in [0.15, 0.2) is 0 Å². The Balaban J connectivity index is 2.09. The van der Waals surface area contributed by atoms with Crippen LogP contribution in [0.25, 0.3) is 0 Å². The minimum atomic E-state index is -0.367. The van der Waals surface area contributed by atoms with E-state index in [1.54, 1.807) is 12.1 Å². The number of benzene rings is 1. The minimum Gasteiger partial charge on any atom is -0.324 e. The summed E-state index contributed by atoms with van der Waals surface area (Å²) in [6, 6.07) is 4.76. The van der Waals surface area contributed by atoms with Gasteiger partial charge >= 0.3 is 0 Å². The first-order chi connectivity index (χ1) is 9.97. The first kappa shape index (κ1) is 15.7. The molecule has 0 bridgehead atoms. The number of nitrogens with two attached hydrogens (primary N) is 1. The number of nitro benzene ring substituents is 1. The Morgan fingerprint density at radius 2 is 2.10 bits per heavy atom. The summed E-state index contributed by atoms with van der Waals surface area (Å²) in [6.45, 7) is 7.33. The maximum absolute atomic E-state index is 10.9. The van der Waals surface area contributed by atoms with E-state index < -0.39 is 0 Å². The molecule has 0 saturated carbocycles. The standard InChI is InChI=1S/C15H24N4O2/c1-3-15(2)6-8-18(9-7-15)11-12-10-13(19(20)21)4-5-14(12)17-16/h4-5,10,17H,3,6-9,11,16H2,1-2H3. The molecule has 1 aliphatic heterocycles. The molecule has 1 saturated heterocycles. The Morgan fingerprint density at radius 3 is 2.62 bits per heavy atom. The van der Waals surface area contributed by atoms with Crippen LogP contribution in [0, 0.1) is 15.5 Å². The third-order valence-electron chi connectivity index (χ3n) is 4.77. The van der Waals surface area contributed by atoms with Crippen molar-refractivity contribution in [2.45, 2.75) is 39.7 Å². The number of nitrogens with zero attached hydrogens (tertiary/aromatic N) is 2. The average molecular weight is 292 g/mol. The van der Waals surface area contributed by atoms with Crippen molar-refractivity contribution < 1.29 is 4.92 Å². The van der Waals surface area contributed by atoms with Gasteiger partial charge in [-0.25, -0.2) is 0 Å². The fourth-order valence-corrected chi connectivity index (χ4v) is 2.81. The smallest absolute Gasteiger partial charge is 0.269 e. The first-order valence-electron chi connectivity index (χ1n) is 7.44. The molecule has 0 aliphatic carbocycles. The molecule has 6 nitrogen and oxygen atoms in total. The van der Waals surface area contributed by atoms with E-state index in [2.05, 4.69) is 24.2 Å². The third kappa shape index (κ3) is 3.71. The molecule has 21 heavy (non-hydrogen) atoms. The Bertz CT molecular complexity index is 510. The van der Waals surface area contributed by atoms with Crippen LogP contribution in [0.1, 0.15) is 38.7 Å². The van der Waals surface area contributed by atoms with Crippen LogP contribution >= 0.6 is 0 Å². The molecule has 0 radical (unpaired) electrons. The van der Waals surface area contributed by atoms with E-state index in [1.165, 1.54) is 25.3 Å². The largest absolute Gasteiger partial charge is 0.324 e. The van der Waals surface area contributed by atoms with Crippen molar-refractivity contribution in [3.05, 3.63) is 33.9 Å². The number of piperidine rings is 1. The molecule has 0 aromatic heterocycles. The predicted molar refractivity (Wildman–Crippen MR) is 83.8 cm³/mol. The van der Waals surface area contributed by atoms with Gasteiger partial charge in [-0.05, 0) is 43.0 Å². The molecule has 1 aromatic carbocycles. The van der Waals surface area contributed by atoms with Gasteiger partial charge in [0, 0.05) is 18.7 Å². The summed E-state index contributed by atoms with van der Waals surface area (Å²) in [5, 5.41) is 10.9. The second-order valence-electron chi connectivity index (χ2n) is 6.18. The molecule has 1 aromatic rings. The molecular weight excluding hydrogens is 268 g/mol. The SMILES string of the molecule is CCC1(C)CCN(Cc2cc([N+](=O)[O-])ccc2NN)CC1. The highest BCUT2D eigenvalue weighted by Crippen LogP contribution is 2.35. The number of hydrogen-bond acceptors (Lipinski definition) is 5. The van der Waals surface area contributed by atoms with Crippen molar-refractivity contribution in [1.82, 2.24) is 4.90 Å². The summed E-state index contributed by atoms with van der Waals surface area (Å²) in [5.74, 6) is 5.51. The van der Waals surface area contributed by atoms with E-state index in [1.807, 2.05) is 0 Å². The second-order valence-corrected chi connectivity index (χ2v) is 6.18. The quantitative estimate of drug-likeness (QED) is 0.495. The van der Waals surface area contributed by atoms with Crippen molar-refractivity contribution in [3.8, 4) is 0 Å². The number of nitro groups is 1. The normalized spacial score (nSPS) is 18.4. The van der Waals surface area contributed by atoms with Gasteiger partial charge in [-0.15, -0.1) is 0 Å². The molecule has 0 amide bonds. The van der Waals surface area contributed by atoms with Crippen LogP contribution in [-0.4, -0.2) is 22.9 Å². The number of anilines is 1. The molecule has 3 N–H and O–H groups in total. The fraction of sp³-hybridized carbons (Fsp3) is 0.600. The first-order valence-corrected chi connectivity index (χ1v) is 7.44. The number of rotatable bonds is 5. The lowest BCUT2D eigenvalue weighted by Gasteiger charge is -2.39. The van der Waals surface area contributed by atoms with Crippen LogP contribution in [0.5, 0.6) is 0 Å². The molecule has 1 fully saturated rings. The summed E-state index contributed by atoms with van der Waals surface area (Å²) >= 11 is 0. The number of hydrazine groups is 1. The summed E-state index contributed by atoms with van der Waals surface area (Å²) in [4.78, 5) is 12.9. The Hall–Kier alpha value is -1.66. The summed E-state index contributed by atoms with van der Waals surface area (Å²) in [5.41, 5.74) is 4.81. The number of likely N-dealkylation sites (tertiary alicyclic amines) is 1. The molecule has 0 spiro atoms. The van der Waals surface area contributed by atoms with Gasteiger partial charge in [-0.1, -0.05) is 20.3 Å². The molecule has 1 aliphatic rings. The lowest BCUT2D eigenvalue weighted by Crippen LogP contribution is -2.38. The van der Waals surface area contributed by atoms with Gasteiger partial charge in [-0.2, -0.15) is 0 Å². The van der Waals surface area contributed by atoms with Gasteiger partial charge < -0.3 is 5.43 Å². The van der Waals surface area contributed by atoms with Crippen LogP contribution in [-0.2, 0) is 6.54 Å². The molecule has 6 heteroatoms. The minimum absolute atomic E-state index is 0.111. The maximum atomic E-state index is 10.9. The van der Waals surface area contributed by atoms with Crippen LogP contribution < -0.4 is 11.3 Å². The zero-order chi connectivity index (χ0) is 15.5. The van der Waals surface area contributed by atoms with E-state index in [0.29, 0.717) is 12.0 Å². The number of nitrogens with one attached hydrogen (secondary N) is 1. The molecule has 1 heterocycles. The van der Waals surface area contributed by atoms with Crippen molar-refractivity contribution in [3.63, 3.8) is 0 Å². The van der Waals surface area contributed by atoms with Gasteiger partial charge in [0.05, 0.1) is 10.6 Å². The fourth-order valence-electron chi connectivity index (χ4n) is 2.81. The summed E-state index contributed by atoms with van der Waals surface area (Å²) < 4.78 is 0. The highest BCUT2D eigenvalue weighted by atomic mass is 16.6. The molecule has 0 unspecified atom stereocenters.